The third-order valence-corrected chi connectivity index (χ3v) is 2.93. The van der Waals surface area contributed by atoms with E-state index in [1.807, 2.05) is 0 Å². The Bertz CT molecular complexity index is 322. The van der Waals surface area contributed by atoms with Gasteiger partial charge in [-0.25, -0.2) is 0 Å². The Labute approximate surface area is 98.9 Å². The smallest absolute Gasteiger partial charge is 0.0737 e. The largest absolute Gasteiger partial charge is 0.391 e. The molecule has 90 valence electrons. The molecular weight excluding hydrogens is 198 g/mol. The molecule has 0 bridgehead atoms. The molecule has 2 nitrogen and oxygen atoms in total. The van der Waals surface area contributed by atoms with Crippen molar-refractivity contribution in [1.29, 1.82) is 0 Å². The second kappa shape index (κ2) is 5.90. The summed E-state index contributed by atoms with van der Waals surface area (Å²) >= 11 is 0. The summed E-state index contributed by atoms with van der Waals surface area (Å²) in [5.74, 6) is 0.304. The number of aliphatic hydroxyl groups excluding tert-OH is 1. The number of benzene rings is 1. The van der Waals surface area contributed by atoms with Crippen molar-refractivity contribution in [2.75, 3.05) is 18.0 Å². The first-order chi connectivity index (χ1) is 7.54. The fourth-order valence-corrected chi connectivity index (χ4v) is 1.68. The molecule has 0 aliphatic rings. The molecule has 1 aromatic carbocycles. The molecule has 1 atom stereocenters. The zero-order valence-corrected chi connectivity index (χ0v) is 10.8. The quantitative estimate of drug-likeness (QED) is 0.826. The SMILES string of the molecule is CCN(CC(O)C(C)C)c1cccc(C)c1. The van der Waals surface area contributed by atoms with E-state index >= 15 is 0 Å². The van der Waals surface area contributed by atoms with Crippen molar-refractivity contribution in [3.05, 3.63) is 29.8 Å². The van der Waals surface area contributed by atoms with Crippen LogP contribution >= 0.6 is 0 Å². The summed E-state index contributed by atoms with van der Waals surface area (Å²) in [7, 11) is 0. The Morgan fingerprint density at radius 3 is 2.50 bits per heavy atom. The number of anilines is 1. The Morgan fingerprint density at radius 2 is 2.00 bits per heavy atom. The molecule has 0 aromatic heterocycles. The van der Waals surface area contributed by atoms with Crippen LogP contribution in [0.1, 0.15) is 26.3 Å². The van der Waals surface area contributed by atoms with Crippen molar-refractivity contribution in [2.24, 2.45) is 5.92 Å². The number of hydrogen-bond donors (Lipinski definition) is 1. The molecule has 0 aliphatic heterocycles. The van der Waals surface area contributed by atoms with E-state index < -0.39 is 0 Å². The van der Waals surface area contributed by atoms with Crippen LogP contribution in [0.3, 0.4) is 0 Å². The van der Waals surface area contributed by atoms with Gasteiger partial charge in [-0.1, -0.05) is 26.0 Å². The van der Waals surface area contributed by atoms with Crippen LogP contribution in [0.2, 0.25) is 0 Å². The molecule has 1 aromatic rings. The maximum absolute atomic E-state index is 9.92. The topological polar surface area (TPSA) is 23.5 Å². The predicted molar refractivity (Wildman–Crippen MR) is 69.9 cm³/mol. The molecule has 0 heterocycles. The van der Waals surface area contributed by atoms with E-state index in [2.05, 4.69) is 56.9 Å². The molecule has 0 saturated heterocycles. The summed E-state index contributed by atoms with van der Waals surface area (Å²) in [6, 6.07) is 8.42. The van der Waals surface area contributed by atoms with Gasteiger partial charge in [-0.05, 0) is 37.5 Å². The van der Waals surface area contributed by atoms with Crippen LogP contribution < -0.4 is 4.90 Å². The van der Waals surface area contributed by atoms with Gasteiger partial charge in [0.2, 0.25) is 0 Å². The molecule has 0 fully saturated rings. The van der Waals surface area contributed by atoms with Crippen molar-refractivity contribution in [3.8, 4) is 0 Å². The Balaban J connectivity index is 2.74. The number of likely N-dealkylation sites (N-methyl/N-ethyl adjacent to an activating group) is 1. The number of hydrogen-bond acceptors (Lipinski definition) is 2. The lowest BCUT2D eigenvalue weighted by molar-refractivity contribution is 0.131. The van der Waals surface area contributed by atoms with Gasteiger partial charge in [0.15, 0.2) is 0 Å². The van der Waals surface area contributed by atoms with E-state index in [0.717, 1.165) is 6.54 Å². The van der Waals surface area contributed by atoms with E-state index in [1.54, 1.807) is 0 Å². The fraction of sp³-hybridized carbons (Fsp3) is 0.571. The maximum Gasteiger partial charge on any atom is 0.0737 e. The minimum Gasteiger partial charge on any atom is -0.391 e. The second-order valence-electron chi connectivity index (χ2n) is 4.69. The first kappa shape index (κ1) is 13.0. The highest BCUT2D eigenvalue weighted by Gasteiger charge is 2.14. The van der Waals surface area contributed by atoms with Gasteiger partial charge >= 0.3 is 0 Å². The third kappa shape index (κ3) is 3.53. The highest BCUT2D eigenvalue weighted by atomic mass is 16.3. The van der Waals surface area contributed by atoms with Crippen molar-refractivity contribution in [2.45, 2.75) is 33.8 Å². The Kier molecular flexibility index (Phi) is 4.81. The molecule has 2 heteroatoms. The van der Waals surface area contributed by atoms with Crippen molar-refractivity contribution in [1.82, 2.24) is 0 Å². The fourth-order valence-electron chi connectivity index (χ4n) is 1.68. The first-order valence-corrected chi connectivity index (χ1v) is 6.04. The van der Waals surface area contributed by atoms with Crippen LogP contribution in [0, 0.1) is 12.8 Å². The molecular formula is C14H23NO. The van der Waals surface area contributed by atoms with Crippen molar-refractivity contribution < 1.29 is 5.11 Å². The summed E-state index contributed by atoms with van der Waals surface area (Å²) in [4.78, 5) is 2.22. The number of aliphatic hydroxyl groups is 1. The van der Waals surface area contributed by atoms with Gasteiger partial charge in [0.25, 0.3) is 0 Å². The van der Waals surface area contributed by atoms with Crippen LogP contribution in [0.5, 0.6) is 0 Å². The second-order valence-corrected chi connectivity index (χ2v) is 4.69. The van der Waals surface area contributed by atoms with E-state index in [0.29, 0.717) is 12.5 Å². The van der Waals surface area contributed by atoms with Gasteiger partial charge in [-0.2, -0.15) is 0 Å². The number of nitrogens with zero attached hydrogens (tertiary/aromatic N) is 1. The average molecular weight is 221 g/mol. The molecule has 1 unspecified atom stereocenters. The highest BCUT2D eigenvalue weighted by molar-refractivity contribution is 5.48. The predicted octanol–water partition coefficient (Wildman–Crippen LogP) is 2.84. The van der Waals surface area contributed by atoms with Crippen molar-refractivity contribution in [3.63, 3.8) is 0 Å². The van der Waals surface area contributed by atoms with Gasteiger partial charge in [-0.3, -0.25) is 0 Å². The van der Waals surface area contributed by atoms with E-state index in [-0.39, 0.29) is 6.10 Å². The minimum absolute atomic E-state index is 0.263. The lowest BCUT2D eigenvalue weighted by Crippen LogP contribution is -2.35. The number of aryl methyl sites for hydroxylation is 1. The normalized spacial score (nSPS) is 12.9. The monoisotopic (exact) mass is 221 g/mol. The van der Waals surface area contributed by atoms with Gasteiger partial charge in [0.1, 0.15) is 0 Å². The van der Waals surface area contributed by atoms with E-state index in [9.17, 15) is 5.11 Å². The highest BCUT2D eigenvalue weighted by Crippen LogP contribution is 2.17. The van der Waals surface area contributed by atoms with Gasteiger partial charge in [0, 0.05) is 18.8 Å². The van der Waals surface area contributed by atoms with Crippen LogP contribution in [0.25, 0.3) is 0 Å². The Morgan fingerprint density at radius 1 is 1.31 bits per heavy atom. The van der Waals surface area contributed by atoms with E-state index in [4.69, 9.17) is 0 Å². The molecule has 0 amide bonds. The van der Waals surface area contributed by atoms with Crippen LogP contribution in [-0.4, -0.2) is 24.3 Å². The summed E-state index contributed by atoms with van der Waals surface area (Å²) in [6.45, 7) is 9.94. The molecule has 1 N–H and O–H groups in total. The van der Waals surface area contributed by atoms with Gasteiger partial charge in [0.05, 0.1) is 6.10 Å². The molecule has 0 aliphatic carbocycles. The molecule has 16 heavy (non-hydrogen) atoms. The average Bonchev–Trinajstić information content (AvgIpc) is 2.25. The summed E-state index contributed by atoms with van der Waals surface area (Å²) in [5.41, 5.74) is 2.46. The molecule has 0 spiro atoms. The van der Waals surface area contributed by atoms with Gasteiger partial charge < -0.3 is 10.0 Å². The van der Waals surface area contributed by atoms with Crippen LogP contribution in [0.15, 0.2) is 24.3 Å². The minimum atomic E-state index is -0.263. The Hall–Kier alpha value is -1.02. The third-order valence-electron chi connectivity index (χ3n) is 2.93. The summed E-state index contributed by atoms with van der Waals surface area (Å²) in [6.07, 6.45) is -0.263. The maximum atomic E-state index is 9.92. The zero-order chi connectivity index (χ0) is 12.1. The molecule has 1 rings (SSSR count). The summed E-state index contributed by atoms with van der Waals surface area (Å²) < 4.78 is 0. The molecule has 0 saturated carbocycles. The van der Waals surface area contributed by atoms with Crippen LogP contribution in [-0.2, 0) is 0 Å². The first-order valence-electron chi connectivity index (χ1n) is 6.04. The van der Waals surface area contributed by atoms with E-state index in [1.165, 1.54) is 11.3 Å². The molecule has 0 radical (unpaired) electrons. The number of rotatable bonds is 5. The van der Waals surface area contributed by atoms with Crippen molar-refractivity contribution >= 4 is 5.69 Å². The lowest BCUT2D eigenvalue weighted by atomic mass is 10.1. The lowest BCUT2D eigenvalue weighted by Gasteiger charge is -2.27. The zero-order valence-electron chi connectivity index (χ0n) is 10.8. The van der Waals surface area contributed by atoms with Gasteiger partial charge in [-0.15, -0.1) is 0 Å². The summed E-state index contributed by atoms with van der Waals surface area (Å²) in [5, 5.41) is 9.92. The van der Waals surface area contributed by atoms with Crippen LogP contribution in [0.4, 0.5) is 5.69 Å². The standard InChI is InChI=1S/C14H23NO/c1-5-15(10-14(16)11(2)3)13-8-6-7-12(4)9-13/h6-9,11,14,16H,5,10H2,1-4H3.